The maximum atomic E-state index is 14.1. The van der Waals surface area contributed by atoms with E-state index in [2.05, 4.69) is 32.5 Å². The molecule has 10 heteroatoms. The number of rotatable bonds is 8. The molecular weight excluding hydrogens is 475 g/mol. The number of aromatic nitrogens is 3. The van der Waals surface area contributed by atoms with Crippen LogP contribution in [0.1, 0.15) is 57.8 Å². The monoisotopic (exact) mass is 506 g/mol. The first-order chi connectivity index (χ1) is 17.9. The lowest BCUT2D eigenvalue weighted by atomic mass is 9.99. The molecule has 0 bridgehead atoms. The highest BCUT2D eigenvalue weighted by molar-refractivity contribution is 5.91. The van der Waals surface area contributed by atoms with Crippen LogP contribution in [-0.2, 0) is 9.59 Å². The van der Waals surface area contributed by atoms with E-state index in [1.165, 1.54) is 6.07 Å². The number of amides is 2. The average Bonchev–Trinajstić information content (AvgIpc) is 3.53. The number of hydrogen-bond acceptors (Lipinski definition) is 6. The molecule has 37 heavy (non-hydrogen) atoms. The maximum absolute atomic E-state index is 14.1. The highest BCUT2D eigenvalue weighted by Crippen LogP contribution is 2.24. The van der Waals surface area contributed by atoms with Gasteiger partial charge < -0.3 is 24.9 Å². The third kappa shape index (κ3) is 5.28. The van der Waals surface area contributed by atoms with Gasteiger partial charge in [-0.1, -0.05) is 25.1 Å². The van der Waals surface area contributed by atoms with Crippen LogP contribution in [0.2, 0.25) is 0 Å². The zero-order chi connectivity index (χ0) is 25.9. The van der Waals surface area contributed by atoms with Gasteiger partial charge in [-0.2, -0.15) is 4.98 Å². The Morgan fingerprint density at radius 2 is 2.03 bits per heavy atom. The van der Waals surface area contributed by atoms with Crippen LogP contribution in [-0.4, -0.2) is 50.3 Å². The number of anilines is 1. The summed E-state index contributed by atoms with van der Waals surface area (Å²) in [4.78, 5) is 40.5. The van der Waals surface area contributed by atoms with Crippen molar-refractivity contribution in [2.24, 2.45) is 0 Å². The Hall–Kier alpha value is -3.95. The normalized spacial score (nSPS) is 17.6. The lowest BCUT2D eigenvalue weighted by molar-refractivity contribution is -0.137. The molecule has 9 nitrogen and oxygen atoms in total. The number of H-pyrrole nitrogens is 1. The van der Waals surface area contributed by atoms with Crippen LogP contribution in [0.5, 0.6) is 0 Å². The van der Waals surface area contributed by atoms with Crippen LogP contribution in [0.4, 0.5) is 10.4 Å². The molecule has 2 amide bonds. The molecule has 194 valence electrons. The predicted molar refractivity (Wildman–Crippen MR) is 138 cm³/mol. The Kier molecular flexibility index (Phi) is 7.07. The van der Waals surface area contributed by atoms with Gasteiger partial charge in [0.05, 0.1) is 18.0 Å². The Balaban J connectivity index is 1.36. The molecule has 5 rings (SSSR count). The summed E-state index contributed by atoms with van der Waals surface area (Å²) in [6.45, 7) is 4.52. The van der Waals surface area contributed by atoms with Crippen molar-refractivity contribution < 1.29 is 18.4 Å². The topological polar surface area (TPSA) is 116 Å². The highest BCUT2D eigenvalue weighted by atomic mass is 19.1. The van der Waals surface area contributed by atoms with Crippen molar-refractivity contribution in [2.75, 3.05) is 11.9 Å². The van der Waals surface area contributed by atoms with Crippen LogP contribution in [0.15, 0.2) is 46.9 Å². The van der Waals surface area contributed by atoms with E-state index in [1.54, 1.807) is 25.1 Å². The van der Waals surface area contributed by atoms with Crippen LogP contribution >= 0.6 is 0 Å². The molecule has 2 unspecified atom stereocenters. The number of benzene rings is 2. The zero-order valence-electron chi connectivity index (χ0n) is 21.0. The molecule has 0 spiro atoms. The lowest BCUT2D eigenvalue weighted by Crippen LogP contribution is -2.48. The van der Waals surface area contributed by atoms with E-state index in [-0.39, 0.29) is 29.9 Å². The van der Waals surface area contributed by atoms with E-state index in [0.29, 0.717) is 29.0 Å². The standard InChI is InChI=1S/C27H31FN6O3/c1-3-17-9-6-7-14-34(17)23(35)15-21(32-27-31-19-11-4-5-13-22(19)37-27)26(36)29-16(2)25-30-20-12-8-10-18(28)24(20)33-25/h4-5,8,10-13,16-17,21H,3,6-7,9,14-15H2,1-2H3,(H,29,36)(H,30,33)(H,31,32)/t16?,17-,21?/m0/s1. The van der Waals surface area contributed by atoms with Gasteiger partial charge in [-0.25, -0.2) is 9.37 Å². The number of nitrogens with zero attached hydrogens (tertiary/aromatic N) is 3. The molecule has 1 saturated heterocycles. The van der Waals surface area contributed by atoms with Crippen molar-refractivity contribution in [2.45, 2.75) is 64.1 Å². The number of halogens is 1. The quantitative estimate of drug-likeness (QED) is 0.320. The Bertz CT molecular complexity index is 1380. The molecule has 3 heterocycles. The molecule has 1 aliphatic heterocycles. The minimum absolute atomic E-state index is 0.0530. The number of oxazole rings is 1. The van der Waals surface area contributed by atoms with Gasteiger partial charge >= 0.3 is 0 Å². The lowest BCUT2D eigenvalue weighted by Gasteiger charge is -2.36. The summed E-state index contributed by atoms with van der Waals surface area (Å²) < 4.78 is 19.9. The molecule has 2 aromatic heterocycles. The number of hydrogen-bond donors (Lipinski definition) is 3. The summed E-state index contributed by atoms with van der Waals surface area (Å²) in [5, 5.41) is 5.94. The number of likely N-dealkylation sites (tertiary alicyclic amines) is 1. The minimum Gasteiger partial charge on any atom is -0.424 e. The number of nitrogens with one attached hydrogen (secondary N) is 3. The fourth-order valence-corrected chi connectivity index (χ4v) is 4.94. The fraction of sp³-hybridized carbons (Fsp3) is 0.407. The molecule has 1 aliphatic rings. The van der Waals surface area contributed by atoms with Gasteiger partial charge in [0.15, 0.2) is 11.4 Å². The van der Waals surface area contributed by atoms with Crippen molar-refractivity contribution in [1.82, 2.24) is 25.2 Å². The Morgan fingerprint density at radius 1 is 1.19 bits per heavy atom. The second-order valence-corrected chi connectivity index (χ2v) is 9.52. The van der Waals surface area contributed by atoms with E-state index >= 15 is 0 Å². The summed E-state index contributed by atoms with van der Waals surface area (Å²) >= 11 is 0. The second kappa shape index (κ2) is 10.6. The summed E-state index contributed by atoms with van der Waals surface area (Å²) in [7, 11) is 0. The fourth-order valence-electron chi connectivity index (χ4n) is 4.94. The Morgan fingerprint density at radius 3 is 2.81 bits per heavy atom. The number of carbonyl (C=O) groups excluding carboxylic acids is 2. The van der Waals surface area contributed by atoms with Crippen LogP contribution in [0, 0.1) is 5.82 Å². The van der Waals surface area contributed by atoms with E-state index in [9.17, 15) is 14.0 Å². The number of fused-ring (bicyclic) bond motifs is 2. The van der Waals surface area contributed by atoms with Crippen molar-refractivity contribution in [3.63, 3.8) is 0 Å². The summed E-state index contributed by atoms with van der Waals surface area (Å²) in [5.74, 6) is -0.517. The summed E-state index contributed by atoms with van der Waals surface area (Å²) in [6.07, 6.45) is 3.85. The maximum Gasteiger partial charge on any atom is 0.296 e. The van der Waals surface area contributed by atoms with E-state index < -0.39 is 23.8 Å². The van der Waals surface area contributed by atoms with Crippen LogP contribution in [0.3, 0.4) is 0 Å². The van der Waals surface area contributed by atoms with Gasteiger partial charge in [0.25, 0.3) is 6.01 Å². The molecule has 0 aliphatic carbocycles. The molecular formula is C27H31FN6O3. The summed E-state index contributed by atoms with van der Waals surface area (Å²) in [5.41, 5.74) is 1.99. The average molecular weight is 507 g/mol. The van der Waals surface area contributed by atoms with Gasteiger partial charge in [-0.15, -0.1) is 0 Å². The van der Waals surface area contributed by atoms with Gasteiger partial charge in [-0.3, -0.25) is 9.59 Å². The first kappa shape index (κ1) is 24.7. The zero-order valence-corrected chi connectivity index (χ0v) is 21.0. The van der Waals surface area contributed by atoms with Crippen LogP contribution in [0.25, 0.3) is 22.1 Å². The van der Waals surface area contributed by atoms with Gasteiger partial charge in [-0.05, 0) is 56.9 Å². The molecule has 3 atom stereocenters. The third-order valence-electron chi connectivity index (χ3n) is 6.96. The van der Waals surface area contributed by atoms with Crippen molar-refractivity contribution in [3.05, 3.63) is 54.1 Å². The van der Waals surface area contributed by atoms with Crippen molar-refractivity contribution in [1.29, 1.82) is 0 Å². The third-order valence-corrected chi connectivity index (χ3v) is 6.96. The number of aromatic amines is 1. The SMILES string of the molecule is CC[C@H]1CCCCN1C(=O)CC(Nc1nc2ccccc2o1)C(=O)NC(C)c1nc2c(F)cccc2[nH]1. The highest BCUT2D eigenvalue weighted by Gasteiger charge is 2.31. The largest absolute Gasteiger partial charge is 0.424 e. The van der Waals surface area contributed by atoms with Gasteiger partial charge in [0.2, 0.25) is 11.8 Å². The number of imidazole rings is 1. The molecule has 0 saturated carbocycles. The van der Waals surface area contributed by atoms with E-state index in [4.69, 9.17) is 4.42 Å². The molecule has 0 radical (unpaired) electrons. The van der Waals surface area contributed by atoms with Gasteiger partial charge in [0, 0.05) is 12.6 Å². The molecule has 4 aromatic rings. The number of piperidine rings is 1. The minimum atomic E-state index is -0.927. The molecule has 1 fully saturated rings. The smallest absolute Gasteiger partial charge is 0.296 e. The van der Waals surface area contributed by atoms with E-state index in [0.717, 1.165) is 25.7 Å². The molecule has 2 aromatic carbocycles. The Labute approximate surface area is 213 Å². The van der Waals surface area contributed by atoms with Crippen LogP contribution < -0.4 is 10.6 Å². The number of carbonyl (C=O) groups is 2. The number of para-hydroxylation sites is 3. The second-order valence-electron chi connectivity index (χ2n) is 9.52. The first-order valence-electron chi connectivity index (χ1n) is 12.8. The first-order valence-corrected chi connectivity index (χ1v) is 12.8. The van der Waals surface area contributed by atoms with Crippen molar-refractivity contribution >= 4 is 40.0 Å². The predicted octanol–water partition coefficient (Wildman–Crippen LogP) is 4.68. The molecule has 3 N–H and O–H groups in total. The van der Waals surface area contributed by atoms with Gasteiger partial charge in [0.1, 0.15) is 22.9 Å². The summed E-state index contributed by atoms with van der Waals surface area (Å²) in [6, 6.07) is 10.8. The van der Waals surface area contributed by atoms with E-state index in [1.807, 2.05) is 23.1 Å². The van der Waals surface area contributed by atoms with Crippen molar-refractivity contribution in [3.8, 4) is 0 Å².